The van der Waals surface area contributed by atoms with Crippen molar-refractivity contribution < 1.29 is 9.53 Å². The first-order chi connectivity index (χ1) is 12.7. The zero-order chi connectivity index (χ0) is 17.9. The lowest BCUT2D eigenvalue weighted by Gasteiger charge is -2.20. The normalized spacial score (nSPS) is 18.7. The number of ether oxygens (including phenoxy) is 1. The molecule has 0 saturated heterocycles. The Morgan fingerprint density at radius 1 is 1.31 bits per heavy atom. The van der Waals surface area contributed by atoms with E-state index in [1.807, 2.05) is 24.3 Å². The van der Waals surface area contributed by atoms with Gasteiger partial charge in [-0.25, -0.2) is 9.97 Å². The van der Waals surface area contributed by atoms with Crippen molar-refractivity contribution in [1.82, 2.24) is 20.3 Å². The smallest absolute Gasteiger partial charge is 0.263 e. The van der Waals surface area contributed by atoms with Crippen molar-refractivity contribution in [3.8, 4) is 0 Å². The number of carbonyl (C=O) groups is 1. The van der Waals surface area contributed by atoms with Gasteiger partial charge in [0.05, 0.1) is 17.7 Å². The predicted molar refractivity (Wildman–Crippen MR) is 98.6 cm³/mol. The molecule has 3 aromatic rings. The van der Waals surface area contributed by atoms with Gasteiger partial charge in [0.15, 0.2) is 6.10 Å². The van der Waals surface area contributed by atoms with Crippen LogP contribution in [0.5, 0.6) is 0 Å². The molecule has 2 atom stereocenters. The van der Waals surface area contributed by atoms with Crippen molar-refractivity contribution >= 4 is 34.4 Å². The van der Waals surface area contributed by atoms with E-state index in [2.05, 4.69) is 25.6 Å². The molecule has 0 fully saturated rings. The van der Waals surface area contributed by atoms with E-state index in [0.717, 1.165) is 16.6 Å². The van der Waals surface area contributed by atoms with Crippen LogP contribution >= 0.6 is 11.6 Å². The van der Waals surface area contributed by atoms with Gasteiger partial charge in [-0.15, -0.1) is 0 Å². The SMILES string of the molecule is O=C(NCc1cccc(Cl)c1)C1OC=CC1Nc1ncnc2[nH]ccc12. The summed E-state index contributed by atoms with van der Waals surface area (Å²) in [5.41, 5.74) is 1.65. The number of hydrogen-bond acceptors (Lipinski definition) is 5. The number of halogens is 1. The fourth-order valence-corrected chi connectivity index (χ4v) is 3.04. The molecule has 2 unspecified atom stereocenters. The Morgan fingerprint density at radius 2 is 2.23 bits per heavy atom. The van der Waals surface area contributed by atoms with Gasteiger partial charge in [-0.2, -0.15) is 0 Å². The highest BCUT2D eigenvalue weighted by Crippen LogP contribution is 2.22. The topological polar surface area (TPSA) is 91.9 Å². The molecule has 4 rings (SSSR count). The minimum atomic E-state index is -0.682. The second-order valence-electron chi connectivity index (χ2n) is 5.87. The third kappa shape index (κ3) is 3.34. The Morgan fingerprint density at radius 3 is 3.12 bits per heavy atom. The Kier molecular flexibility index (Phi) is 4.45. The molecule has 0 aliphatic carbocycles. The Bertz CT molecular complexity index is 971. The van der Waals surface area contributed by atoms with Crippen LogP contribution in [0.4, 0.5) is 5.82 Å². The maximum absolute atomic E-state index is 12.5. The van der Waals surface area contributed by atoms with Crippen molar-refractivity contribution in [2.45, 2.75) is 18.7 Å². The molecular weight excluding hydrogens is 354 g/mol. The lowest BCUT2D eigenvalue weighted by atomic mass is 10.1. The first-order valence-electron chi connectivity index (χ1n) is 8.09. The summed E-state index contributed by atoms with van der Waals surface area (Å²) in [4.78, 5) is 24.0. The molecule has 8 heteroatoms. The summed E-state index contributed by atoms with van der Waals surface area (Å²) in [5.74, 6) is 0.427. The summed E-state index contributed by atoms with van der Waals surface area (Å²) >= 11 is 5.97. The monoisotopic (exact) mass is 369 g/mol. The fraction of sp³-hybridized carbons (Fsp3) is 0.167. The van der Waals surface area contributed by atoms with Crippen molar-refractivity contribution in [1.29, 1.82) is 0 Å². The average molecular weight is 370 g/mol. The van der Waals surface area contributed by atoms with Crippen LogP contribution < -0.4 is 10.6 Å². The molecule has 3 N–H and O–H groups in total. The maximum Gasteiger partial charge on any atom is 0.263 e. The van der Waals surface area contributed by atoms with Crippen molar-refractivity contribution in [3.63, 3.8) is 0 Å². The molecule has 2 aromatic heterocycles. The van der Waals surface area contributed by atoms with Gasteiger partial charge in [0, 0.05) is 17.8 Å². The molecule has 0 saturated carbocycles. The molecule has 3 heterocycles. The van der Waals surface area contributed by atoms with Gasteiger partial charge in [0.2, 0.25) is 0 Å². The minimum absolute atomic E-state index is 0.216. The maximum atomic E-state index is 12.5. The van der Waals surface area contributed by atoms with Crippen LogP contribution in [0.15, 0.2) is 55.2 Å². The number of H-pyrrole nitrogens is 1. The number of aromatic nitrogens is 3. The average Bonchev–Trinajstić information content (AvgIpc) is 3.29. The minimum Gasteiger partial charge on any atom is -0.486 e. The Balaban J connectivity index is 1.43. The summed E-state index contributed by atoms with van der Waals surface area (Å²) in [6, 6.07) is 8.90. The van der Waals surface area contributed by atoms with Crippen molar-refractivity contribution in [2.75, 3.05) is 5.32 Å². The summed E-state index contributed by atoms with van der Waals surface area (Å²) in [6.45, 7) is 0.377. The van der Waals surface area contributed by atoms with E-state index in [0.29, 0.717) is 17.4 Å². The second kappa shape index (κ2) is 7.05. The summed E-state index contributed by atoms with van der Waals surface area (Å²) in [5, 5.41) is 7.60. The van der Waals surface area contributed by atoms with Gasteiger partial charge in [0.1, 0.15) is 17.8 Å². The van der Waals surface area contributed by atoms with Crippen molar-refractivity contribution in [2.24, 2.45) is 0 Å². The number of aromatic amines is 1. The Labute approximate surface area is 154 Å². The molecule has 132 valence electrons. The van der Waals surface area contributed by atoms with Gasteiger partial charge < -0.3 is 20.4 Å². The van der Waals surface area contributed by atoms with Gasteiger partial charge in [-0.05, 0) is 29.8 Å². The number of benzene rings is 1. The fourth-order valence-electron chi connectivity index (χ4n) is 2.83. The number of anilines is 1. The third-order valence-electron chi connectivity index (χ3n) is 4.11. The molecule has 1 aliphatic heterocycles. The molecule has 26 heavy (non-hydrogen) atoms. The van der Waals surface area contributed by atoms with Crippen LogP contribution in [0.1, 0.15) is 5.56 Å². The quantitative estimate of drug-likeness (QED) is 0.643. The third-order valence-corrected chi connectivity index (χ3v) is 4.34. The lowest BCUT2D eigenvalue weighted by molar-refractivity contribution is -0.129. The molecule has 0 radical (unpaired) electrons. The number of carbonyl (C=O) groups excluding carboxylic acids is 1. The largest absolute Gasteiger partial charge is 0.486 e. The standard InChI is InChI=1S/C18H16ClN5O2/c19-12-3-1-2-11(8-12)9-21-18(25)15-14(5-7-26-15)24-17-13-4-6-20-16(13)22-10-23-17/h1-8,10,14-15H,9H2,(H,21,25)(H2,20,22,23,24). The van der Waals surface area contributed by atoms with Gasteiger partial charge in [0.25, 0.3) is 5.91 Å². The van der Waals surface area contributed by atoms with E-state index in [9.17, 15) is 4.79 Å². The van der Waals surface area contributed by atoms with Gasteiger partial charge >= 0.3 is 0 Å². The first kappa shape index (κ1) is 16.4. The predicted octanol–water partition coefficient (Wildman–Crippen LogP) is 2.62. The Hall–Kier alpha value is -3.06. The van der Waals surface area contributed by atoms with E-state index in [4.69, 9.17) is 16.3 Å². The molecule has 7 nitrogen and oxygen atoms in total. The highest BCUT2D eigenvalue weighted by Gasteiger charge is 2.32. The number of fused-ring (bicyclic) bond motifs is 1. The molecule has 0 spiro atoms. The van der Waals surface area contributed by atoms with Gasteiger partial charge in [-0.1, -0.05) is 23.7 Å². The zero-order valence-electron chi connectivity index (χ0n) is 13.6. The zero-order valence-corrected chi connectivity index (χ0v) is 14.4. The lowest BCUT2D eigenvalue weighted by Crippen LogP contribution is -2.43. The van der Waals surface area contributed by atoms with E-state index in [-0.39, 0.29) is 11.9 Å². The van der Waals surface area contributed by atoms with Crippen LogP contribution in [-0.4, -0.2) is 33.0 Å². The van der Waals surface area contributed by atoms with E-state index >= 15 is 0 Å². The number of nitrogens with zero attached hydrogens (tertiary/aromatic N) is 2. The van der Waals surface area contributed by atoms with Crippen LogP contribution in [0, 0.1) is 0 Å². The van der Waals surface area contributed by atoms with Crippen LogP contribution in [0.3, 0.4) is 0 Å². The first-order valence-corrected chi connectivity index (χ1v) is 8.47. The van der Waals surface area contributed by atoms with E-state index < -0.39 is 6.10 Å². The molecule has 1 aliphatic rings. The number of nitrogens with one attached hydrogen (secondary N) is 3. The van der Waals surface area contributed by atoms with Crippen molar-refractivity contribution in [3.05, 3.63) is 65.8 Å². The van der Waals surface area contributed by atoms with E-state index in [1.54, 1.807) is 18.3 Å². The van der Waals surface area contributed by atoms with E-state index in [1.165, 1.54) is 12.6 Å². The van der Waals surface area contributed by atoms with Crippen LogP contribution in [0.2, 0.25) is 5.02 Å². The van der Waals surface area contributed by atoms with Crippen LogP contribution in [0.25, 0.3) is 11.0 Å². The molecule has 0 bridgehead atoms. The summed E-state index contributed by atoms with van der Waals surface area (Å²) in [6.07, 6.45) is 5.90. The highest BCUT2D eigenvalue weighted by atomic mass is 35.5. The second-order valence-corrected chi connectivity index (χ2v) is 6.30. The number of amides is 1. The number of rotatable bonds is 5. The molecular formula is C18H16ClN5O2. The highest BCUT2D eigenvalue weighted by molar-refractivity contribution is 6.30. The summed E-state index contributed by atoms with van der Waals surface area (Å²) < 4.78 is 5.47. The van der Waals surface area contributed by atoms with Gasteiger partial charge in [-0.3, -0.25) is 4.79 Å². The number of hydrogen-bond donors (Lipinski definition) is 3. The summed E-state index contributed by atoms with van der Waals surface area (Å²) in [7, 11) is 0. The molecule has 1 aromatic carbocycles. The molecule has 1 amide bonds. The van der Waals surface area contributed by atoms with Crippen LogP contribution in [-0.2, 0) is 16.1 Å².